The Bertz CT molecular complexity index is 655. The molecule has 1 aliphatic carbocycles. The molecule has 1 saturated carbocycles. The van der Waals surface area contributed by atoms with Crippen LogP contribution in [0.5, 0.6) is 0 Å². The van der Waals surface area contributed by atoms with Crippen LogP contribution in [-0.2, 0) is 10.0 Å². The van der Waals surface area contributed by atoms with Gasteiger partial charge >= 0.3 is 0 Å². The smallest absolute Gasteiger partial charge is 0.241 e. The van der Waals surface area contributed by atoms with Gasteiger partial charge in [0.15, 0.2) is 0 Å². The van der Waals surface area contributed by atoms with Crippen molar-refractivity contribution >= 4 is 22.4 Å². The van der Waals surface area contributed by atoms with Crippen molar-refractivity contribution in [2.45, 2.75) is 43.5 Å². The summed E-state index contributed by atoms with van der Waals surface area (Å²) < 4.78 is 28.0. The lowest BCUT2D eigenvalue weighted by Crippen LogP contribution is -2.44. The monoisotopic (exact) mass is 343 g/mol. The Kier molecular flexibility index (Phi) is 6.82. The fraction of sp³-hybridized carbons (Fsp3) is 0.533. The van der Waals surface area contributed by atoms with Crippen molar-refractivity contribution in [3.8, 4) is 6.07 Å². The molecule has 3 N–H and O–H groups in total. The van der Waals surface area contributed by atoms with Gasteiger partial charge in [0, 0.05) is 6.04 Å². The predicted octanol–water partition coefficient (Wildman–Crippen LogP) is 2.08. The van der Waals surface area contributed by atoms with E-state index in [0.29, 0.717) is 17.7 Å². The number of nitrogens with zero attached hydrogens (tertiary/aromatic N) is 1. The zero-order chi connectivity index (χ0) is 15.5. The number of hydrogen-bond donors (Lipinski definition) is 2. The highest BCUT2D eigenvalue weighted by molar-refractivity contribution is 7.89. The minimum Gasteiger partial charge on any atom is -0.330 e. The van der Waals surface area contributed by atoms with Gasteiger partial charge in [-0.15, -0.1) is 12.4 Å². The van der Waals surface area contributed by atoms with Gasteiger partial charge in [-0.3, -0.25) is 0 Å². The first-order chi connectivity index (χ1) is 9.97. The lowest BCUT2D eigenvalue weighted by atomic mass is 9.85. The fourth-order valence-corrected chi connectivity index (χ4v) is 4.48. The molecule has 2 atom stereocenters. The third kappa shape index (κ3) is 4.20. The number of rotatable bonds is 4. The van der Waals surface area contributed by atoms with Crippen LogP contribution >= 0.6 is 12.4 Å². The molecule has 2 unspecified atom stereocenters. The number of sulfonamides is 1. The van der Waals surface area contributed by atoms with Crippen LogP contribution in [0, 0.1) is 24.2 Å². The molecule has 0 heterocycles. The van der Waals surface area contributed by atoms with E-state index in [4.69, 9.17) is 11.0 Å². The Morgan fingerprint density at radius 1 is 1.36 bits per heavy atom. The van der Waals surface area contributed by atoms with Crippen molar-refractivity contribution in [1.29, 1.82) is 5.26 Å². The van der Waals surface area contributed by atoms with Crippen molar-refractivity contribution in [2.75, 3.05) is 6.54 Å². The first kappa shape index (κ1) is 18.9. The van der Waals surface area contributed by atoms with Crippen LogP contribution in [0.15, 0.2) is 23.1 Å². The summed E-state index contributed by atoms with van der Waals surface area (Å²) in [6.07, 6.45) is 3.89. The highest BCUT2D eigenvalue weighted by Crippen LogP contribution is 2.26. The summed E-state index contributed by atoms with van der Waals surface area (Å²) >= 11 is 0. The summed E-state index contributed by atoms with van der Waals surface area (Å²) in [6.45, 7) is 2.22. The van der Waals surface area contributed by atoms with Gasteiger partial charge in [0.05, 0.1) is 16.5 Å². The van der Waals surface area contributed by atoms with E-state index in [0.717, 1.165) is 25.7 Å². The molecule has 0 spiro atoms. The molecule has 1 aromatic carbocycles. The summed E-state index contributed by atoms with van der Waals surface area (Å²) in [5.74, 6) is 0.188. The normalized spacial score (nSPS) is 21.7. The Labute approximate surface area is 138 Å². The van der Waals surface area contributed by atoms with Gasteiger partial charge in [-0.2, -0.15) is 5.26 Å². The molecule has 22 heavy (non-hydrogen) atoms. The standard InChI is InChI=1S/C15H21N3O2S.ClH/c1-11-6-7-12(9-16)8-15(11)21(19,20)18-14-5-3-2-4-13(14)10-17;/h6-8,13-14,18H,2-5,10,17H2,1H3;1H. The van der Waals surface area contributed by atoms with E-state index in [2.05, 4.69) is 4.72 Å². The van der Waals surface area contributed by atoms with Gasteiger partial charge in [-0.25, -0.2) is 13.1 Å². The van der Waals surface area contributed by atoms with Crippen molar-refractivity contribution < 1.29 is 8.42 Å². The van der Waals surface area contributed by atoms with Gasteiger partial charge in [-0.1, -0.05) is 18.9 Å². The Morgan fingerprint density at radius 3 is 2.68 bits per heavy atom. The number of nitrogens with two attached hydrogens (primary N) is 1. The van der Waals surface area contributed by atoms with Crippen LogP contribution < -0.4 is 10.5 Å². The molecular formula is C15H22ClN3O2S. The number of hydrogen-bond acceptors (Lipinski definition) is 4. The molecule has 2 rings (SSSR count). The Morgan fingerprint density at radius 2 is 2.05 bits per heavy atom. The van der Waals surface area contributed by atoms with Crippen molar-refractivity contribution in [1.82, 2.24) is 4.72 Å². The van der Waals surface area contributed by atoms with Crippen LogP contribution in [0.4, 0.5) is 0 Å². The molecule has 1 aliphatic rings. The lowest BCUT2D eigenvalue weighted by molar-refractivity contribution is 0.296. The summed E-state index contributed by atoms with van der Waals surface area (Å²) in [5, 5.41) is 8.94. The number of nitriles is 1. The van der Waals surface area contributed by atoms with E-state index in [9.17, 15) is 8.42 Å². The molecule has 0 aromatic heterocycles. The Hall–Kier alpha value is -1.13. The zero-order valence-corrected chi connectivity index (χ0v) is 14.2. The number of halogens is 1. The molecule has 0 radical (unpaired) electrons. The third-order valence-electron chi connectivity index (χ3n) is 4.13. The summed E-state index contributed by atoms with van der Waals surface area (Å²) in [7, 11) is -3.62. The lowest BCUT2D eigenvalue weighted by Gasteiger charge is -2.31. The maximum atomic E-state index is 12.6. The highest BCUT2D eigenvalue weighted by atomic mass is 35.5. The average Bonchev–Trinajstić information content (AvgIpc) is 2.47. The Balaban J connectivity index is 0.00000242. The molecular weight excluding hydrogens is 322 g/mol. The van der Waals surface area contributed by atoms with Crippen LogP contribution in [0.3, 0.4) is 0 Å². The van der Waals surface area contributed by atoms with Crippen LogP contribution in [0.2, 0.25) is 0 Å². The predicted molar refractivity (Wildman–Crippen MR) is 88.3 cm³/mol. The van der Waals surface area contributed by atoms with Crippen molar-refractivity contribution in [3.63, 3.8) is 0 Å². The second-order valence-corrected chi connectivity index (χ2v) is 7.28. The quantitative estimate of drug-likeness (QED) is 0.874. The van der Waals surface area contributed by atoms with E-state index in [1.165, 1.54) is 6.07 Å². The van der Waals surface area contributed by atoms with E-state index in [-0.39, 0.29) is 29.3 Å². The summed E-state index contributed by atoms with van der Waals surface area (Å²) in [6, 6.07) is 6.58. The topological polar surface area (TPSA) is 96.0 Å². The number of aryl methyl sites for hydroxylation is 1. The first-order valence-corrected chi connectivity index (χ1v) is 8.69. The van der Waals surface area contributed by atoms with Crippen molar-refractivity contribution in [3.05, 3.63) is 29.3 Å². The van der Waals surface area contributed by atoms with E-state index >= 15 is 0 Å². The average molecular weight is 344 g/mol. The largest absolute Gasteiger partial charge is 0.330 e. The molecule has 1 fully saturated rings. The number of benzene rings is 1. The molecule has 0 aliphatic heterocycles. The van der Waals surface area contributed by atoms with E-state index in [1.807, 2.05) is 6.07 Å². The van der Waals surface area contributed by atoms with E-state index < -0.39 is 10.0 Å². The zero-order valence-electron chi connectivity index (χ0n) is 12.6. The second-order valence-electron chi connectivity index (χ2n) is 5.60. The van der Waals surface area contributed by atoms with E-state index in [1.54, 1.807) is 19.1 Å². The van der Waals surface area contributed by atoms with Gasteiger partial charge in [0.1, 0.15) is 0 Å². The van der Waals surface area contributed by atoms with Crippen molar-refractivity contribution in [2.24, 2.45) is 11.7 Å². The molecule has 0 amide bonds. The first-order valence-electron chi connectivity index (χ1n) is 7.21. The summed E-state index contributed by atoms with van der Waals surface area (Å²) in [4.78, 5) is 0.183. The molecule has 7 heteroatoms. The summed E-state index contributed by atoms with van der Waals surface area (Å²) in [5.41, 5.74) is 6.74. The molecule has 1 aromatic rings. The molecule has 5 nitrogen and oxygen atoms in total. The molecule has 122 valence electrons. The third-order valence-corrected chi connectivity index (χ3v) is 5.76. The minimum atomic E-state index is -3.62. The highest BCUT2D eigenvalue weighted by Gasteiger charge is 2.29. The minimum absolute atomic E-state index is 0. The maximum absolute atomic E-state index is 12.6. The fourth-order valence-electron chi connectivity index (χ4n) is 2.87. The van der Waals surface area contributed by atoms with Gasteiger partial charge < -0.3 is 5.73 Å². The SMILES string of the molecule is Cc1ccc(C#N)cc1S(=O)(=O)NC1CCCCC1CN.Cl. The van der Waals surface area contributed by atoms with Gasteiger partial charge in [0.25, 0.3) is 0 Å². The number of nitrogens with one attached hydrogen (secondary N) is 1. The van der Waals surface area contributed by atoms with Crippen LogP contribution in [0.25, 0.3) is 0 Å². The molecule has 0 saturated heterocycles. The molecule has 0 bridgehead atoms. The van der Waals surface area contributed by atoms with Gasteiger partial charge in [0.2, 0.25) is 10.0 Å². The maximum Gasteiger partial charge on any atom is 0.241 e. The van der Waals surface area contributed by atoms with Gasteiger partial charge in [-0.05, 0) is 49.9 Å². The second kappa shape index (κ2) is 7.93. The van der Waals surface area contributed by atoms with Crippen LogP contribution in [0.1, 0.15) is 36.8 Å². The van der Waals surface area contributed by atoms with Crippen LogP contribution in [-0.4, -0.2) is 21.0 Å².